The minimum absolute atomic E-state index is 0.0195. The summed E-state index contributed by atoms with van der Waals surface area (Å²) >= 11 is 0. The number of unbranched alkanes of at least 4 members (excludes halogenated alkanes) is 4. The fraction of sp³-hybridized carbons (Fsp3) is 0.625. The average Bonchev–Trinajstić information content (AvgIpc) is 3.78. The maximum Gasteiger partial charge on any atom is 0.327 e. The summed E-state index contributed by atoms with van der Waals surface area (Å²) in [5.74, 6) is -2.53. The standard InChI is InChI=1S/C48H67N3O11/c1-6-8-12-25-47(26-13-9-7-2)60-40-37-29-48(45(57)49-27-24-38(54)50-35(31-52)22-23-39(55)59-46(3,4)5)42(44(56)58-37)51(62-43(48)41(40)61-47)30-33-18-14-16-32(28-33)17-15-20-34-19-10-11-21-36(34)53/h10-11,14-19,21,28,35,37,40-43,52-53H,6-9,12-13,20,22-27,29-31H2,1-5H3,(H,49,57)(H,50,54). The topological polar surface area (TPSA) is 182 Å². The molecule has 62 heavy (non-hydrogen) atoms. The van der Waals surface area contributed by atoms with Gasteiger partial charge in [-0.3, -0.25) is 24.0 Å². The molecular formula is C48H67N3O11. The fourth-order valence-electron chi connectivity index (χ4n) is 9.33. The summed E-state index contributed by atoms with van der Waals surface area (Å²) < 4.78 is 25.4. The lowest BCUT2D eigenvalue weighted by Crippen LogP contribution is -2.69. The Bertz CT molecular complexity index is 1890. The highest BCUT2D eigenvalue weighted by Crippen LogP contribution is 2.58. The van der Waals surface area contributed by atoms with Crippen molar-refractivity contribution < 1.29 is 53.2 Å². The number of carbonyl (C=O) groups excluding carboxylic acids is 4. The number of hydrogen-bond donors (Lipinski definition) is 4. The van der Waals surface area contributed by atoms with E-state index in [1.54, 1.807) is 38.0 Å². The van der Waals surface area contributed by atoms with E-state index in [-0.39, 0.29) is 51.1 Å². The van der Waals surface area contributed by atoms with Gasteiger partial charge in [0.2, 0.25) is 11.8 Å². The molecule has 1 aliphatic carbocycles. The molecule has 7 atom stereocenters. The first-order chi connectivity index (χ1) is 29.7. The summed E-state index contributed by atoms with van der Waals surface area (Å²) in [7, 11) is 0. The Morgan fingerprint density at radius 3 is 2.40 bits per heavy atom. The molecule has 7 unspecified atom stereocenters. The van der Waals surface area contributed by atoms with Crippen LogP contribution in [0.4, 0.5) is 0 Å². The number of benzene rings is 2. The Kier molecular flexibility index (Phi) is 15.9. The van der Waals surface area contributed by atoms with Crippen molar-refractivity contribution in [2.24, 2.45) is 5.41 Å². The number of aliphatic hydroxyl groups excluding tert-OH is 1. The Hall–Kier alpha value is -4.34. The van der Waals surface area contributed by atoms with Gasteiger partial charge in [0.15, 0.2) is 11.8 Å². The van der Waals surface area contributed by atoms with E-state index < -0.39 is 77.1 Å². The van der Waals surface area contributed by atoms with Crippen molar-refractivity contribution in [1.29, 1.82) is 0 Å². The molecule has 0 spiro atoms. The summed E-state index contributed by atoms with van der Waals surface area (Å²) in [5, 5.41) is 27.4. The van der Waals surface area contributed by atoms with Gasteiger partial charge in [-0.25, -0.2) is 0 Å². The van der Waals surface area contributed by atoms with Crippen LogP contribution in [-0.2, 0) is 55.9 Å². The fourth-order valence-corrected chi connectivity index (χ4v) is 9.33. The lowest BCUT2D eigenvalue weighted by atomic mass is 9.62. The number of esters is 2. The maximum absolute atomic E-state index is 14.8. The van der Waals surface area contributed by atoms with Crippen molar-refractivity contribution in [3.63, 3.8) is 0 Å². The lowest BCUT2D eigenvalue weighted by Gasteiger charge is -2.48. The highest BCUT2D eigenvalue weighted by molar-refractivity contribution is 5.94. The van der Waals surface area contributed by atoms with Gasteiger partial charge in [0.25, 0.3) is 0 Å². The second kappa shape index (κ2) is 20.9. The van der Waals surface area contributed by atoms with E-state index in [1.165, 1.54) is 0 Å². The van der Waals surface area contributed by atoms with E-state index in [0.29, 0.717) is 19.3 Å². The molecule has 2 bridgehead atoms. The van der Waals surface area contributed by atoms with Gasteiger partial charge < -0.3 is 39.8 Å². The third-order valence-electron chi connectivity index (χ3n) is 12.3. The largest absolute Gasteiger partial charge is 0.508 e. The molecule has 3 aliphatic heterocycles. The first-order valence-electron chi connectivity index (χ1n) is 22.6. The number of hydrogen-bond acceptors (Lipinski definition) is 12. The predicted molar refractivity (Wildman–Crippen MR) is 231 cm³/mol. The summed E-state index contributed by atoms with van der Waals surface area (Å²) in [4.78, 5) is 61.2. The number of fused-ring (bicyclic) bond motifs is 4. The number of nitrogens with one attached hydrogen (secondary N) is 2. The number of para-hydroxylation sites is 1. The number of aromatic hydroxyl groups is 1. The van der Waals surface area contributed by atoms with E-state index in [2.05, 4.69) is 24.5 Å². The zero-order valence-electron chi connectivity index (χ0n) is 37.1. The van der Waals surface area contributed by atoms with Gasteiger partial charge in [0.05, 0.1) is 19.2 Å². The smallest absolute Gasteiger partial charge is 0.327 e. The summed E-state index contributed by atoms with van der Waals surface area (Å²) in [6.07, 6.45) is 9.00. The Balaban J connectivity index is 1.21. The second-order valence-electron chi connectivity index (χ2n) is 18.3. The predicted octanol–water partition coefficient (Wildman–Crippen LogP) is 6.19. The number of nitrogens with zero attached hydrogens (tertiary/aromatic N) is 1. The van der Waals surface area contributed by atoms with E-state index >= 15 is 0 Å². The number of allylic oxidation sites excluding steroid dienone is 1. The van der Waals surface area contributed by atoms with Gasteiger partial charge in [-0.05, 0) is 69.2 Å². The van der Waals surface area contributed by atoms with Gasteiger partial charge in [0.1, 0.15) is 41.2 Å². The van der Waals surface area contributed by atoms with Crippen molar-refractivity contribution in [2.75, 3.05) is 13.2 Å². The first-order valence-corrected chi connectivity index (χ1v) is 22.6. The number of aliphatic hydroxyl groups is 1. The SMILES string of the molecule is CCCCCC1(CCCCC)OC2C3CC4(C(=O)NCCC(=O)NC(CO)CCC(=O)OC(C)(C)C)C(ON(Cc5cccc(C=CCc6ccccc6O)c5)C4C(=O)O3)C2O1. The average molecular weight is 862 g/mol. The molecule has 2 amide bonds. The van der Waals surface area contributed by atoms with E-state index in [0.717, 1.165) is 55.2 Å². The molecule has 0 radical (unpaired) electrons. The molecule has 4 aliphatic rings. The summed E-state index contributed by atoms with van der Waals surface area (Å²) in [5.41, 5.74) is 0.502. The molecule has 14 nitrogen and oxygen atoms in total. The maximum atomic E-state index is 14.8. The molecular weight excluding hydrogens is 795 g/mol. The minimum Gasteiger partial charge on any atom is -0.508 e. The molecule has 340 valence electrons. The quantitative estimate of drug-likeness (QED) is 0.0780. The highest BCUT2D eigenvalue weighted by Gasteiger charge is 2.76. The zero-order chi connectivity index (χ0) is 44.5. The van der Waals surface area contributed by atoms with Crippen LogP contribution in [0.3, 0.4) is 0 Å². The Labute approximate surface area is 366 Å². The van der Waals surface area contributed by atoms with Crippen LogP contribution < -0.4 is 10.6 Å². The molecule has 0 aromatic heterocycles. The van der Waals surface area contributed by atoms with Crippen LogP contribution in [0.25, 0.3) is 6.08 Å². The number of amides is 2. The van der Waals surface area contributed by atoms with Crippen molar-refractivity contribution >= 4 is 29.8 Å². The van der Waals surface area contributed by atoms with Gasteiger partial charge in [-0.1, -0.05) is 94.1 Å². The van der Waals surface area contributed by atoms with E-state index in [1.807, 2.05) is 48.6 Å². The number of hydroxylamine groups is 2. The van der Waals surface area contributed by atoms with Crippen LogP contribution >= 0.6 is 0 Å². The molecule has 2 aromatic carbocycles. The monoisotopic (exact) mass is 861 g/mol. The lowest BCUT2D eigenvalue weighted by molar-refractivity contribution is -0.224. The van der Waals surface area contributed by atoms with Crippen LogP contribution in [-0.4, -0.2) is 100 Å². The zero-order valence-corrected chi connectivity index (χ0v) is 37.1. The number of carbonyl (C=O) groups is 4. The van der Waals surface area contributed by atoms with E-state index in [9.17, 15) is 29.4 Å². The van der Waals surface area contributed by atoms with Crippen LogP contribution in [0, 0.1) is 5.41 Å². The van der Waals surface area contributed by atoms with Gasteiger partial charge in [-0.2, -0.15) is 5.06 Å². The third kappa shape index (κ3) is 11.2. The molecule has 4 N–H and O–H groups in total. The number of ether oxygens (including phenoxy) is 4. The van der Waals surface area contributed by atoms with Crippen LogP contribution in [0.15, 0.2) is 54.6 Å². The van der Waals surface area contributed by atoms with Crippen LogP contribution in [0.1, 0.15) is 128 Å². The van der Waals surface area contributed by atoms with Crippen molar-refractivity contribution in [3.05, 3.63) is 71.3 Å². The molecule has 4 fully saturated rings. The summed E-state index contributed by atoms with van der Waals surface area (Å²) in [6, 6.07) is 13.2. The van der Waals surface area contributed by atoms with Crippen LogP contribution in [0.2, 0.25) is 0 Å². The first kappa shape index (κ1) is 47.1. The Morgan fingerprint density at radius 1 is 0.984 bits per heavy atom. The summed E-state index contributed by atoms with van der Waals surface area (Å²) in [6.45, 7) is 9.36. The number of phenols is 1. The van der Waals surface area contributed by atoms with Crippen molar-refractivity contribution in [1.82, 2.24) is 15.7 Å². The molecule has 6 rings (SSSR count). The molecule has 1 saturated carbocycles. The normalized spacial score (nSPS) is 25.6. The van der Waals surface area contributed by atoms with Gasteiger partial charge in [0, 0.05) is 38.6 Å². The van der Waals surface area contributed by atoms with Crippen LogP contribution in [0.5, 0.6) is 5.75 Å². The molecule has 3 heterocycles. The molecule has 2 aromatic rings. The molecule has 3 saturated heterocycles. The van der Waals surface area contributed by atoms with Gasteiger partial charge in [-0.15, -0.1) is 0 Å². The second-order valence-corrected chi connectivity index (χ2v) is 18.3. The van der Waals surface area contributed by atoms with Crippen molar-refractivity contribution in [3.8, 4) is 5.75 Å². The van der Waals surface area contributed by atoms with Crippen molar-refractivity contribution in [2.45, 2.75) is 173 Å². The molecule has 14 heteroatoms. The number of phenolic OH excluding ortho intramolecular Hbond substituents is 1. The van der Waals surface area contributed by atoms with Gasteiger partial charge >= 0.3 is 11.9 Å². The Morgan fingerprint density at radius 2 is 1.71 bits per heavy atom. The highest BCUT2D eigenvalue weighted by atomic mass is 16.8. The number of rotatable bonds is 22. The van der Waals surface area contributed by atoms with E-state index in [4.69, 9.17) is 23.8 Å². The minimum atomic E-state index is -1.42. The third-order valence-corrected chi connectivity index (χ3v) is 12.3.